The second kappa shape index (κ2) is 8.08. The molecule has 6 nitrogen and oxygen atoms in total. The lowest BCUT2D eigenvalue weighted by Gasteiger charge is -2.18. The minimum Gasteiger partial charge on any atom is -0.348 e. The molecule has 0 saturated heterocycles. The lowest BCUT2D eigenvalue weighted by molar-refractivity contribution is 0.0923. The summed E-state index contributed by atoms with van der Waals surface area (Å²) in [5.74, 6) is 0.216. The Morgan fingerprint density at radius 2 is 2.09 bits per heavy atom. The van der Waals surface area contributed by atoms with Crippen molar-refractivity contribution < 1.29 is 4.79 Å². The summed E-state index contributed by atoms with van der Waals surface area (Å²) in [7, 11) is 0. The molecule has 0 aliphatic heterocycles. The fraction of sp³-hybridized carbons (Fsp3) is 0.438. The van der Waals surface area contributed by atoms with Crippen molar-refractivity contribution in [2.75, 3.05) is 6.54 Å². The summed E-state index contributed by atoms with van der Waals surface area (Å²) in [5, 5.41) is 11.0. The smallest absolute Gasteiger partial charge is 0.273 e. The highest BCUT2D eigenvalue weighted by Gasteiger charge is 2.28. The fourth-order valence-electron chi connectivity index (χ4n) is 3.00. The van der Waals surface area contributed by atoms with Crippen LogP contribution in [0, 0.1) is 5.92 Å². The summed E-state index contributed by atoms with van der Waals surface area (Å²) in [5.41, 5.74) is 7.23. The molecule has 1 aliphatic rings. The van der Waals surface area contributed by atoms with Crippen LogP contribution in [-0.2, 0) is 6.54 Å². The van der Waals surface area contributed by atoms with E-state index in [0.29, 0.717) is 24.7 Å². The number of aromatic nitrogens is 3. The van der Waals surface area contributed by atoms with Gasteiger partial charge in [0.1, 0.15) is 0 Å². The number of nitrogens with two attached hydrogens (primary N) is 1. The largest absolute Gasteiger partial charge is 0.348 e. The number of hydrogen-bond donors (Lipinski definition) is 2. The molecule has 1 aromatic carbocycles. The van der Waals surface area contributed by atoms with Gasteiger partial charge in [-0.2, -0.15) is 0 Å². The van der Waals surface area contributed by atoms with Crippen molar-refractivity contribution in [1.82, 2.24) is 20.3 Å². The molecular formula is C16H22ClN5O. The van der Waals surface area contributed by atoms with Gasteiger partial charge in [0, 0.05) is 6.04 Å². The third-order valence-electron chi connectivity index (χ3n) is 4.24. The standard InChI is InChI=1S/C16H21N5O.ClH/c17-9-13-7-4-8-14(13)18-16(22)15-11-21(20-19-15)10-12-5-2-1-3-6-12;/h1-3,5-6,11,13-14H,4,7-10,17H2,(H,18,22);1H. The Kier molecular flexibility index (Phi) is 6.12. The number of nitrogens with zero attached hydrogens (tertiary/aromatic N) is 3. The first-order valence-electron chi connectivity index (χ1n) is 7.71. The monoisotopic (exact) mass is 335 g/mol. The van der Waals surface area contributed by atoms with E-state index in [1.807, 2.05) is 30.3 Å². The molecule has 3 N–H and O–H groups in total. The predicted octanol–water partition coefficient (Wildman–Crippen LogP) is 1.61. The molecule has 1 aromatic heterocycles. The number of benzene rings is 1. The minimum atomic E-state index is -0.162. The molecule has 1 saturated carbocycles. The number of carbonyl (C=O) groups excluding carboxylic acids is 1. The summed E-state index contributed by atoms with van der Waals surface area (Å²) >= 11 is 0. The van der Waals surface area contributed by atoms with E-state index < -0.39 is 0 Å². The Labute approximate surface area is 141 Å². The Hall–Kier alpha value is -1.92. The molecule has 2 aromatic rings. The molecule has 124 valence electrons. The number of nitrogens with one attached hydrogen (secondary N) is 1. The van der Waals surface area contributed by atoms with Gasteiger partial charge in [0.05, 0.1) is 12.7 Å². The molecular weight excluding hydrogens is 314 g/mol. The number of carbonyl (C=O) groups is 1. The van der Waals surface area contributed by atoms with Crippen LogP contribution in [0.4, 0.5) is 0 Å². The van der Waals surface area contributed by atoms with Crippen molar-refractivity contribution in [2.45, 2.75) is 31.8 Å². The van der Waals surface area contributed by atoms with Crippen LogP contribution in [0.15, 0.2) is 36.5 Å². The van der Waals surface area contributed by atoms with Crippen LogP contribution in [0.5, 0.6) is 0 Å². The van der Waals surface area contributed by atoms with Crippen LogP contribution < -0.4 is 11.1 Å². The minimum absolute atomic E-state index is 0. The highest BCUT2D eigenvalue weighted by molar-refractivity contribution is 5.92. The lowest BCUT2D eigenvalue weighted by Crippen LogP contribution is -2.40. The molecule has 1 heterocycles. The number of amides is 1. The first-order valence-corrected chi connectivity index (χ1v) is 7.71. The van der Waals surface area contributed by atoms with Crippen molar-refractivity contribution in [1.29, 1.82) is 0 Å². The van der Waals surface area contributed by atoms with E-state index >= 15 is 0 Å². The van der Waals surface area contributed by atoms with Crippen LogP contribution in [0.25, 0.3) is 0 Å². The second-order valence-corrected chi connectivity index (χ2v) is 5.79. The van der Waals surface area contributed by atoms with Crippen molar-refractivity contribution in [3.8, 4) is 0 Å². The maximum atomic E-state index is 12.3. The van der Waals surface area contributed by atoms with Crippen LogP contribution in [0.2, 0.25) is 0 Å². The first kappa shape index (κ1) is 17.4. The normalized spacial score (nSPS) is 20.0. The van der Waals surface area contributed by atoms with E-state index in [0.717, 1.165) is 24.8 Å². The summed E-state index contributed by atoms with van der Waals surface area (Å²) in [6.07, 6.45) is 4.89. The molecule has 1 fully saturated rings. The molecule has 0 radical (unpaired) electrons. The number of rotatable bonds is 5. The van der Waals surface area contributed by atoms with E-state index in [-0.39, 0.29) is 24.4 Å². The number of halogens is 1. The van der Waals surface area contributed by atoms with Crippen molar-refractivity contribution in [3.05, 3.63) is 47.8 Å². The average molecular weight is 336 g/mol. The molecule has 7 heteroatoms. The highest BCUT2D eigenvalue weighted by atomic mass is 35.5. The van der Waals surface area contributed by atoms with Gasteiger partial charge < -0.3 is 11.1 Å². The average Bonchev–Trinajstić information content (AvgIpc) is 3.17. The maximum absolute atomic E-state index is 12.3. The molecule has 23 heavy (non-hydrogen) atoms. The van der Waals surface area contributed by atoms with Crippen LogP contribution in [0.3, 0.4) is 0 Å². The zero-order valence-corrected chi connectivity index (χ0v) is 13.7. The van der Waals surface area contributed by atoms with Gasteiger partial charge in [0.25, 0.3) is 5.91 Å². The van der Waals surface area contributed by atoms with E-state index in [1.54, 1.807) is 10.9 Å². The lowest BCUT2D eigenvalue weighted by atomic mass is 10.0. The van der Waals surface area contributed by atoms with Crippen LogP contribution >= 0.6 is 12.4 Å². The molecule has 0 bridgehead atoms. The van der Waals surface area contributed by atoms with E-state index in [4.69, 9.17) is 5.73 Å². The van der Waals surface area contributed by atoms with Crippen LogP contribution in [-0.4, -0.2) is 33.5 Å². The zero-order valence-electron chi connectivity index (χ0n) is 12.9. The predicted molar refractivity (Wildman–Crippen MR) is 90.5 cm³/mol. The highest BCUT2D eigenvalue weighted by Crippen LogP contribution is 2.24. The first-order chi connectivity index (χ1) is 10.8. The van der Waals surface area contributed by atoms with Gasteiger partial charge >= 0.3 is 0 Å². The summed E-state index contributed by atoms with van der Waals surface area (Å²) in [6, 6.07) is 10.1. The zero-order chi connectivity index (χ0) is 15.4. The van der Waals surface area contributed by atoms with Crippen LogP contribution in [0.1, 0.15) is 35.3 Å². The summed E-state index contributed by atoms with van der Waals surface area (Å²) in [4.78, 5) is 12.3. The molecule has 0 spiro atoms. The van der Waals surface area contributed by atoms with E-state index in [9.17, 15) is 4.79 Å². The fourth-order valence-corrected chi connectivity index (χ4v) is 3.00. The SMILES string of the molecule is Cl.NCC1CCCC1NC(=O)c1cn(Cc2ccccc2)nn1. The third-order valence-corrected chi connectivity index (χ3v) is 4.24. The molecule has 1 amide bonds. The Morgan fingerprint density at radius 3 is 2.83 bits per heavy atom. The topological polar surface area (TPSA) is 85.8 Å². The molecule has 3 rings (SSSR count). The quantitative estimate of drug-likeness (QED) is 0.869. The maximum Gasteiger partial charge on any atom is 0.273 e. The van der Waals surface area contributed by atoms with Crippen molar-refractivity contribution >= 4 is 18.3 Å². The Balaban J connectivity index is 0.00000192. The van der Waals surface area contributed by atoms with Gasteiger partial charge in [-0.05, 0) is 30.9 Å². The van der Waals surface area contributed by atoms with Gasteiger partial charge in [-0.3, -0.25) is 4.79 Å². The van der Waals surface area contributed by atoms with E-state index in [2.05, 4.69) is 15.6 Å². The summed E-state index contributed by atoms with van der Waals surface area (Å²) < 4.78 is 1.68. The number of hydrogen-bond acceptors (Lipinski definition) is 4. The molecule has 1 aliphatic carbocycles. The van der Waals surface area contributed by atoms with E-state index in [1.165, 1.54) is 0 Å². The van der Waals surface area contributed by atoms with Crippen molar-refractivity contribution in [3.63, 3.8) is 0 Å². The van der Waals surface area contributed by atoms with Crippen molar-refractivity contribution in [2.24, 2.45) is 11.7 Å². The summed E-state index contributed by atoms with van der Waals surface area (Å²) in [6.45, 7) is 1.22. The third kappa shape index (κ3) is 4.30. The molecule has 2 unspecified atom stereocenters. The molecule has 2 atom stereocenters. The van der Waals surface area contributed by atoms with Gasteiger partial charge in [0.2, 0.25) is 0 Å². The van der Waals surface area contributed by atoms with Gasteiger partial charge in [-0.1, -0.05) is 42.0 Å². The Morgan fingerprint density at radius 1 is 1.30 bits per heavy atom. The van der Waals surface area contributed by atoms with Gasteiger partial charge in [-0.25, -0.2) is 4.68 Å². The second-order valence-electron chi connectivity index (χ2n) is 5.79. The van der Waals surface area contributed by atoms with Gasteiger partial charge in [0.15, 0.2) is 5.69 Å². The van der Waals surface area contributed by atoms with Gasteiger partial charge in [-0.15, -0.1) is 17.5 Å². The Bertz CT molecular complexity index is 630.